The molecule has 1 amide bonds. The van der Waals surface area contributed by atoms with Crippen molar-refractivity contribution in [3.8, 4) is 22.8 Å². The van der Waals surface area contributed by atoms with E-state index in [1.807, 2.05) is 0 Å². The number of furan rings is 1. The van der Waals surface area contributed by atoms with Crippen molar-refractivity contribution in [3.05, 3.63) is 70.7 Å². The summed E-state index contributed by atoms with van der Waals surface area (Å²) in [5, 5.41) is 2.93. The van der Waals surface area contributed by atoms with E-state index in [0.717, 1.165) is 0 Å². The monoisotopic (exact) mass is 514 g/mol. The normalized spacial score (nSPS) is 11.4. The van der Waals surface area contributed by atoms with Crippen molar-refractivity contribution in [2.45, 2.75) is 13.8 Å². The lowest BCUT2D eigenvalue weighted by molar-refractivity contribution is 0.0930. The third kappa shape index (κ3) is 5.08. The second kappa shape index (κ2) is 9.82. The van der Waals surface area contributed by atoms with Crippen molar-refractivity contribution in [2.24, 2.45) is 7.05 Å². The number of carbonyl (C=O) groups is 1. The van der Waals surface area contributed by atoms with Gasteiger partial charge in [-0.15, -0.1) is 0 Å². The van der Waals surface area contributed by atoms with E-state index in [9.17, 15) is 22.4 Å². The summed E-state index contributed by atoms with van der Waals surface area (Å²) in [4.78, 5) is 29.4. The molecule has 3 heterocycles. The number of aromatic nitrogens is 2. The molecule has 10 nitrogen and oxygen atoms in total. The molecule has 4 rings (SSSR count). The van der Waals surface area contributed by atoms with Crippen molar-refractivity contribution < 1.29 is 26.8 Å². The van der Waals surface area contributed by atoms with E-state index < -0.39 is 27.3 Å². The number of sulfonamides is 1. The Labute approximate surface area is 205 Å². The molecular weight excluding hydrogens is 491 g/mol. The average Bonchev–Trinajstić information content (AvgIpc) is 3.30. The Morgan fingerprint density at radius 1 is 1.17 bits per heavy atom. The molecule has 12 heteroatoms. The van der Waals surface area contributed by atoms with E-state index in [2.05, 4.69) is 15.0 Å². The van der Waals surface area contributed by atoms with E-state index in [1.54, 1.807) is 6.92 Å². The van der Waals surface area contributed by atoms with Gasteiger partial charge in [-0.3, -0.25) is 14.3 Å². The lowest BCUT2D eigenvalue weighted by atomic mass is 10.0. The van der Waals surface area contributed by atoms with Crippen molar-refractivity contribution in [1.29, 1.82) is 0 Å². The van der Waals surface area contributed by atoms with E-state index in [4.69, 9.17) is 9.15 Å². The number of hydrogen-bond acceptors (Lipinski definition) is 7. The molecule has 0 bridgehead atoms. The molecule has 0 saturated heterocycles. The summed E-state index contributed by atoms with van der Waals surface area (Å²) in [7, 11) is -2.11. The molecule has 188 valence electrons. The van der Waals surface area contributed by atoms with Crippen LogP contribution in [0.4, 0.5) is 10.1 Å². The largest absolute Gasteiger partial charge is 0.445 e. The van der Waals surface area contributed by atoms with Crippen LogP contribution in [0.2, 0.25) is 0 Å². The Morgan fingerprint density at radius 3 is 2.56 bits per heavy atom. The summed E-state index contributed by atoms with van der Waals surface area (Å²) in [6.07, 6.45) is 2.79. The molecule has 36 heavy (non-hydrogen) atoms. The molecule has 0 aliphatic heterocycles. The first-order chi connectivity index (χ1) is 17.1. The Bertz CT molecular complexity index is 1610. The second-order valence-electron chi connectivity index (χ2n) is 7.81. The zero-order valence-electron chi connectivity index (χ0n) is 19.7. The Balaban J connectivity index is 1.94. The van der Waals surface area contributed by atoms with Crippen molar-refractivity contribution in [2.75, 3.05) is 17.0 Å². The third-order valence-electron chi connectivity index (χ3n) is 5.24. The molecule has 1 aromatic carbocycles. The lowest BCUT2D eigenvalue weighted by Crippen LogP contribution is -2.22. The van der Waals surface area contributed by atoms with Gasteiger partial charge in [-0.25, -0.2) is 17.8 Å². The number of pyridine rings is 2. The molecule has 0 aliphatic carbocycles. The standard InChI is InChI=1S/C24H23FN4O6S/c1-4-26-22(30)20-11-17-19(13-29(3)24(31)21(17)35-20)18-10-15(28-36(32,33)5-2)12-27-23(18)34-16-8-6-14(25)7-9-16/h6-13,28H,4-5H2,1-3H3,(H,26,30). The minimum absolute atomic E-state index is 0.0572. The smallest absolute Gasteiger partial charge is 0.293 e. The quantitative estimate of drug-likeness (QED) is 0.367. The molecule has 4 aromatic rings. The van der Waals surface area contributed by atoms with Gasteiger partial charge >= 0.3 is 0 Å². The Hall–Kier alpha value is -4.19. The van der Waals surface area contributed by atoms with Crippen LogP contribution >= 0.6 is 0 Å². The summed E-state index contributed by atoms with van der Waals surface area (Å²) in [6, 6.07) is 8.19. The molecule has 0 fully saturated rings. The van der Waals surface area contributed by atoms with Gasteiger partial charge in [0.15, 0.2) is 5.76 Å². The van der Waals surface area contributed by atoms with Gasteiger partial charge in [-0.05, 0) is 50.2 Å². The minimum atomic E-state index is -3.62. The first-order valence-corrected chi connectivity index (χ1v) is 12.6. The number of anilines is 1. The van der Waals surface area contributed by atoms with Gasteiger partial charge in [0, 0.05) is 36.3 Å². The van der Waals surface area contributed by atoms with Crippen molar-refractivity contribution >= 4 is 32.6 Å². The SMILES string of the molecule is CCNC(=O)c1cc2c(-c3cc(NS(=O)(=O)CC)cnc3Oc3ccc(F)cc3)cn(C)c(=O)c2o1. The fraction of sp³-hybridized carbons (Fsp3) is 0.208. The highest BCUT2D eigenvalue weighted by Crippen LogP contribution is 2.37. The number of benzene rings is 1. The van der Waals surface area contributed by atoms with Crippen LogP contribution in [0, 0.1) is 5.82 Å². The summed E-state index contributed by atoms with van der Waals surface area (Å²) in [5.74, 6) is -0.820. The summed E-state index contributed by atoms with van der Waals surface area (Å²) in [6.45, 7) is 3.60. The molecule has 0 radical (unpaired) electrons. The molecule has 0 atom stereocenters. The van der Waals surface area contributed by atoms with Gasteiger partial charge in [0.2, 0.25) is 21.5 Å². The van der Waals surface area contributed by atoms with Crippen molar-refractivity contribution in [1.82, 2.24) is 14.9 Å². The number of ether oxygens (including phenoxy) is 1. The fourth-order valence-corrected chi connectivity index (χ4v) is 4.07. The van der Waals surface area contributed by atoms with Crippen LogP contribution in [0.15, 0.2) is 58.0 Å². The number of carbonyl (C=O) groups excluding carboxylic acids is 1. The Kier molecular flexibility index (Phi) is 6.80. The third-order valence-corrected chi connectivity index (χ3v) is 6.55. The molecule has 0 saturated carbocycles. The van der Waals surface area contributed by atoms with Crippen LogP contribution in [-0.2, 0) is 17.1 Å². The first-order valence-electron chi connectivity index (χ1n) is 11.0. The van der Waals surface area contributed by atoms with Gasteiger partial charge in [0.25, 0.3) is 11.5 Å². The zero-order chi connectivity index (χ0) is 26.0. The van der Waals surface area contributed by atoms with Gasteiger partial charge in [0.05, 0.1) is 17.6 Å². The maximum atomic E-state index is 13.4. The predicted molar refractivity (Wildman–Crippen MR) is 132 cm³/mol. The summed E-state index contributed by atoms with van der Waals surface area (Å²) in [5.41, 5.74) is 0.324. The van der Waals surface area contributed by atoms with Crippen molar-refractivity contribution in [3.63, 3.8) is 0 Å². The number of fused-ring (bicyclic) bond motifs is 1. The fourth-order valence-electron chi connectivity index (χ4n) is 3.45. The topological polar surface area (TPSA) is 133 Å². The minimum Gasteiger partial charge on any atom is -0.445 e. The second-order valence-corrected chi connectivity index (χ2v) is 9.82. The van der Waals surface area contributed by atoms with Crippen LogP contribution < -0.4 is 20.3 Å². The van der Waals surface area contributed by atoms with E-state index in [0.29, 0.717) is 23.1 Å². The number of halogens is 1. The lowest BCUT2D eigenvalue weighted by Gasteiger charge is -2.14. The van der Waals surface area contributed by atoms with Crippen LogP contribution in [0.25, 0.3) is 22.1 Å². The average molecular weight is 515 g/mol. The Morgan fingerprint density at radius 2 is 1.89 bits per heavy atom. The highest BCUT2D eigenvalue weighted by Gasteiger charge is 2.22. The summed E-state index contributed by atoms with van der Waals surface area (Å²) < 4.78 is 52.9. The van der Waals surface area contributed by atoms with Crippen LogP contribution in [0.5, 0.6) is 11.6 Å². The first kappa shape index (κ1) is 24.9. The number of aryl methyl sites for hydroxylation is 1. The van der Waals surface area contributed by atoms with E-state index >= 15 is 0 Å². The number of rotatable bonds is 8. The number of nitrogens with zero attached hydrogens (tertiary/aromatic N) is 2. The van der Waals surface area contributed by atoms with Gasteiger partial charge in [-0.2, -0.15) is 0 Å². The van der Waals surface area contributed by atoms with E-state index in [-0.39, 0.29) is 34.4 Å². The highest BCUT2D eigenvalue weighted by molar-refractivity contribution is 7.92. The van der Waals surface area contributed by atoms with Crippen LogP contribution in [0.1, 0.15) is 24.4 Å². The molecule has 0 spiro atoms. The highest BCUT2D eigenvalue weighted by atomic mass is 32.2. The van der Waals surface area contributed by atoms with Crippen LogP contribution in [-0.4, -0.2) is 36.2 Å². The van der Waals surface area contributed by atoms with Gasteiger partial charge < -0.3 is 19.0 Å². The maximum absolute atomic E-state index is 13.4. The zero-order valence-corrected chi connectivity index (χ0v) is 20.5. The molecular formula is C24H23FN4O6S. The van der Waals surface area contributed by atoms with Crippen LogP contribution in [0.3, 0.4) is 0 Å². The van der Waals surface area contributed by atoms with Gasteiger partial charge in [0.1, 0.15) is 11.6 Å². The number of amides is 1. The van der Waals surface area contributed by atoms with E-state index in [1.165, 1.54) is 67.3 Å². The predicted octanol–water partition coefficient (Wildman–Crippen LogP) is 3.64. The number of hydrogen-bond donors (Lipinski definition) is 2. The number of nitrogens with one attached hydrogen (secondary N) is 2. The molecule has 2 N–H and O–H groups in total. The molecule has 3 aromatic heterocycles. The van der Waals surface area contributed by atoms with Gasteiger partial charge in [-0.1, -0.05) is 0 Å². The molecule has 0 unspecified atom stereocenters. The molecule has 0 aliphatic rings. The maximum Gasteiger partial charge on any atom is 0.293 e. The summed E-state index contributed by atoms with van der Waals surface area (Å²) >= 11 is 0.